The third kappa shape index (κ3) is 1.77. The molecule has 0 spiro atoms. The van der Waals surface area contributed by atoms with Gasteiger partial charge in [-0.15, -0.1) is 0 Å². The molecule has 0 saturated heterocycles. The van der Waals surface area contributed by atoms with E-state index in [0.29, 0.717) is 12.1 Å². The lowest BCUT2D eigenvalue weighted by Crippen LogP contribution is -2.37. The predicted molar refractivity (Wildman–Crippen MR) is 54.9 cm³/mol. The molecule has 0 fully saturated rings. The Kier molecular flexibility index (Phi) is 2.79. The van der Waals surface area contributed by atoms with Crippen LogP contribution in [0.15, 0.2) is 6.33 Å². The van der Waals surface area contributed by atoms with Crippen LogP contribution in [0.1, 0.15) is 51.2 Å². The number of hydrogen-bond acceptors (Lipinski definition) is 0. The van der Waals surface area contributed by atoms with Crippen LogP contribution in [-0.2, 0) is 0 Å². The number of rotatable bonds is 2. The molecule has 0 saturated carbocycles. The van der Waals surface area contributed by atoms with Gasteiger partial charge in [-0.3, -0.25) is 0 Å². The highest BCUT2D eigenvalue weighted by Gasteiger charge is 2.19. The molecule has 0 atom stereocenters. The molecule has 1 heterocycles. The third-order valence-corrected chi connectivity index (χ3v) is 2.66. The topological polar surface area (TPSA) is 8.81 Å². The fraction of sp³-hybridized carbons (Fsp3) is 0.727. The first-order valence-electron chi connectivity index (χ1n) is 5.04. The summed E-state index contributed by atoms with van der Waals surface area (Å²) in [5, 5.41) is 0. The Balaban J connectivity index is 3.20. The third-order valence-electron chi connectivity index (χ3n) is 2.66. The number of imidazole rings is 1. The van der Waals surface area contributed by atoms with Gasteiger partial charge in [0.15, 0.2) is 0 Å². The van der Waals surface area contributed by atoms with E-state index in [4.69, 9.17) is 0 Å². The van der Waals surface area contributed by atoms with Gasteiger partial charge in [0.1, 0.15) is 11.4 Å². The van der Waals surface area contributed by atoms with Crippen molar-refractivity contribution in [2.24, 2.45) is 0 Å². The lowest BCUT2D eigenvalue weighted by Gasteiger charge is -2.01. The molecule has 2 nitrogen and oxygen atoms in total. The molecule has 0 unspecified atom stereocenters. The molecular formula is C11H21N2+. The monoisotopic (exact) mass is 181 g/mol. The zero-order valence-corrected chi connectivity index (χ0v) is 9.63. The molecule has 1 rings (SSSR count). The van der Waals surface area contributed by atoms with Gasteiger partial charge in [-0.2, -0.15) is 0 Å². The van der Waals surface area contributed by atoms with E-state index in [0.717, 1.165) is 0 Å². The second-order valence-corrected chi connectivity index (χ2v) is 4.29. The molecule has 0 aliphatic carbocycles. The van der Waals surface area contributed by atoms with E-state index < -0.39 is 0 Å². The molecule has 0 aliphatic rings. The lowest BCUT2D eigenvalue weighted by atomic mass is 10.3. The molecule has 0 aromatic carbocycles. The maximum absolute atomic E-state index is 2.33. The minimum Gasteiger partial charge on any atom is -0.232 e. The van der Waals surface area contributed by atoms with Crippen molar-refractivity contribution in [1.29, 1.82) is 0 Å². The fourth-order valence-electron chi connectivity index (χ4n) is 1.72. The van der Waals surface area contributed by atoms with Gasteiger partial charge in [-0.05, 0) is 27.7 Å². The van der Waals surface area contributed by atoms with Gasteiger partial charge < -0.3 is 0 Å². The summed E-state index contributed by atoms with van der Waals surface area (Å²) >= 11 is 0. The zero-order valence-electron chi connectivity index (χ0n) is 9.63. The quantitative estimate of drug-likeness (QED) is 0.620. The minimum atomic E-state index is 0.554. The largest absolute Gasteiger partial charge is 0.244 e. The Morgan fingerprint density at radius 3 is 1.92 bits per heavy atom. The van der Waals surface area contributed by atoms with Crippen molar-refractivity contribution in [2.75, 3.05) is 0 Å². The van der Waals surface area contributed by atoms with Crippen LogP contribution in [0, 0.1) is 13.8 Å². The van der Waals surface area contributed by atoms with Crippen LogP contribution < -0.4 is 4.57 Å². The SMILES string of the molecule is Cc1c(C)[n+](C(C)C)cn1C(C)C. The molecule has 0 aliphatic heterocycles. The number of nitrogens with zero attached hydrogens (tertiary/aromatic N) is 2. The Bertz CT molecular complexity index is 267. The van der Waals surface area contributed by atoms with Gasteiger partial charge in [0.05, 0.1) is 12.1 Å². The molecular weight excluding hydrogens is 160 g/mol. The summed E-state index contributed by atoms with van der Waals surface area (Å²) in [5.41, 5.74) is 2.76. The van der Waals surface area contributed by atoms with E-state index in [-0.39, 0.29) is 0 Å². The summed E-state index contributed by atoms with van der Waals surface area (Å²) in [6.45, 7) is 13.3. The Morgan fingerprint density at radius 1 is 1.15 bits per heavy atom. The Morgan fingerprint density at radius 2 is 1.69 bits per heavy atom. The molecule has 13 heavy (non-hydrogen) atoms. The lowest BCUT2D eigenvalue weighted by molar-refractivity contribution is -0.721. The zero-order chi connectivity index (χ0) is 10.2. The molecule has 1 aromatic rings. The second kappa shape index (κ2) is 3.52. The normalized spacial score (nSPS) is 11.7. The van der Waals surface area contributed by atoms with Crippen molar-refractivity contribution in [3.05, 3.63) is 17.7 Å². The molecule has 0 amide bonds. The number of aromatic nitrogens is 2. The summed E-state index contributed by atoms with van der Waals surface area (Å²) in [7, 11) is 0. The van der Waals surface area contributed by atoms with Gasteiger partial charge >= 0.3 is 0 Å². The maximum atomic E-state index is 2.33. The highest BCUT2D eigenvalue weighted by Crippen LogP contribution is 2.12. The fourth-order valence-corrected chi connectivity index (χ4v) is 1.72. The van der Waals surface area contributed by atoms with Gasteiger partial charge in [0.25, 0.3) is 0 Å². The first-order valence-corrected chi connectivity index (χ1v) is 5.04. The van der Waals surface area contributed by atoms with Crippen LogP contribution in [0.25, 0.3) is 0 Å². The molecule has 0 radical (unpaired) electrons. The smallest absolute Gasteiger partial charge is 0.232 e. The summed E-state index contributed by atoms with van der Waals surface area (Å²) in [6.07, 6.45) is 2.22. The minimum absolute atomic E-state index is 0.554. The summed E-state index contributed by atoms with van der Waals surface area (Å²) in [5.74, 6) is 0. The van der Waals surface area contributed by atoms with Crippen LogP contribution in [0.2, 0.25) is 0 Å². The predicted octanol–water partition coefficient (Wildman–Crippen LogP) is 2.55. The summed E-state index contributed by atoms with van der Waals surface area (Å²) < 4.78 is 4.66. The Labute approximate surface area is 81.2 Å². The molecule has 2 heteroatoms. The van der Waals surface area contributed by atoms with E-state index in [9.17, 15) is 0 Å². The van der Waals surface area contributed by atoms with Crippen LogP contribution in [0.4, 0.5) is 0 Å². The van der Waals surface area contributed by atoms with Crippen molar-refractivity contribution in [3.63, 3.8) is 0 Å². The van der Waals surface area contributed by atoms with Gasteiger partial charge in [0, 0.05) is 13.8 Å². The van der Waals surface area contributed by atoms with Crippen molar-refractivity contribution in [3.8, 4) is 0 Å². The average Bonchev–Trinajstić information content (AvgIpc) is 2.29. The van der Waals surface area contributed by atoms with E-state index in [1.54, 1.807) is 0 Å². The van der Waals surface area contributed by atoms with E-state index in [1.165, 1.54) is 11.4 Å². The van der Waals surface area contributed by atoms with E-state index in [2.05, 4.69) is 57.0 Å². The molecule has 74 valence electrons. The average molecular weight is 181 g/mol. The van der Waals surface area contributed by atoms with Crippen LogP contribution >= 0.6 is 0 Å². The van der Waals surface area contributed by atoms with Crippen molar-refractivity contribution in [2.45, 2.75) is 53.6 Å². The van der Waals surface area contributed by atoms with Crippen LogP contribution in [-0.4, -0.2) is 4.57 Å². The first kappa shape index (κ1) is 10.3. The maximum Gasteiger partial charge on any atom is 0.244 e. The van der Waals surface area contributed by atoms with E-state index in [1.807, 2.05) is 0 Å². The van der Waals surface area contributed by atoms with Crippen molar-refractivity contribution < 1.29 is 4.57 Å². The summed E-state index contributed by atoms with van der Waals surface area (Å²) in [6, 6.07) is 1.11. The number of hydrogen-bond donors (Lipinski definition) is 0. The van der Waals surface area contributed by atoms with Crippen LogP contribution in [0.3, 0.4) is 0 Å². The van der Waals surface area contributed by atoms with Crippen molar-refractivity contribution >= 4 is 0 Å². The summed E-state index contributed by atoms with van der Waals surface area (Å²) in [4.78, 5) is 0. The molecule has 1 aromatic heterocycles. The highest BCUT2D eigenvalue weighted by molar-refractivity contribution is 5.03. The standard InChI is InChI=1S/C11H21N2/c1-8(2)12-7-13(9(3)4)11(6)10(12)5/h7-9H,1-6H3/q+1. The Hall–Kier alpha value is -0.790. The first-order chi connectivity index (χ1) is 5.95. The second-order valence-electron chi connectivity index (χ2n) is 4.29. The van der Waals surface area contributed by atoms with Gasteiger partial charge in [0.2, 0.25) is 6.33 Å². The van der Waals surface area contributed by atoms with E-state index >= 15 is 0 Å². The van der Waals surface area contributed by atoms with Crippen molar-refractivity contribution in [1.82, 2.24) is 4.57 Å². The molecule has 0 N–H and O–H groups in total. The molecule has 0 bridgehead atoms. The van der Waals surface area contributed by atoms with Gasteiger partial charge in [-0.1, -0.05) is 0 Å². The highest BCUT2D eigenvalue weighted by atomic mass is 15.2. The van der Waals surface area contributed by atoms with Gasteiger partial charge in [-0.25, -0.2) is 9.13 Å². The van der Waals surface area contributed by atoms with Crippen LogP contribution in [0.5, 0.6) is 0 Å².